The SMILES string of the molecule is CCCCNc1nc(C)cc(OCCC)n1. The van der Waals surface area contributed by atoms with Crippen LogP contribution in [-0.2, 0) is 0 Å². The highest BCUT2D eigenvalue weighted by Crippen LogP contribution is 2.12. The van der Waals surface area contributed by atoms with Gasteiger partial charge < -0.3 is 10.1 Å². The fraction of sp³-hybridized carbons (Fsp3) is 0.667. The van der Waals surface area contributed by atoms with Gasteiger partial charge in [-0.05, 0) is 19.8 Å². The summed E-state index contributed by atoms with van der Waals surface area (Å²) in [5.74, 6) is 1.33. The van der Waals surface area contributed by atoms with E-state index in [1.54, 1.807) is 0 Å². The van der Waals surface area contributed by atoms with Crippen molar-refractivity contribution >= 4 is 5.95 Å². The average molecular weight is 223 g/mol. The molecule has 0 radical (unpaired) electrons. The summed E-state index contributed by atoms with van der Waals surface area (Å²) in [6.45, 7) is 7.80. The molecular formula is C12H21N3O. The zero-order chi connectivity index (χ0) is 11.8. The molecule has 0 atom stereocenters. The maximum atomic E-state index is 5.49. The highest BCUT2D eigenvalue weighted by atomic mass is 16.5. The minimum atomic E-state index is 0.661. The molecule has 4 nitrogen and oxygen atoms in total. The average Bonchev–Trinajstić information content (AvgIpc) is 2.26. The standard InChI is InChI=1S/C12H21N3O/c1-4-6-7-13-12-14-10(3)9-11(15-12)16-8-5-2/h9H,4-8H2,1-3H3,(H,13,14,15). The van der Waals surface area contributed by atoms with Gasteiger partial charge in [0.15, 0.2) is 0 Å². The van der Waals surface area contributed by atoms with Crippen LogP contribution in [0, 0.1) is 6.92 Å². The van der Waals surface area contributed by atoms with Crippen molar-refractivity contribution in [3.05, 3.63) is 11.8 Å². The molecule has 1 aromatic rings. The smallest absolute Gasteiger partial charge is 0.226 e. The van der Waals surface area contributed by atoms with E-state index >= 15 is 0 Å². The van der Waals surface area contributed by atoms with Crippen LogP contribution in [0.2, 0.25) is 0 Å². The normalized spacial score (nSPS) is 10.2. The number of rotatable bonds is 7. The van der Waals surface area contributed by atoms with Crippen molar-refractivity contribution in [2.45, 2.75) is 40.0 Å². The van der Waals surface area contributed by atoms with E-state index in [-0.39, 0.29) is 0 Å². The summed E-state index contributed by atoms with van der Waals surface area (Å²) in [4.78, 5) is 8.61. The number of nitrogens with zero attached hydrogens (tertiary/aromatic N) is 2. The molecule has 1 N–H and O–H groups in total. The minimum Gasteiger partial charge on any atom is -0.478 e. The second-order valence-electron chi connectivity index (χ2n) is 3.80. The summed E-state index contributed by atoms with van der Waals surface area (Å²) < 4.78 is 5.49. The van der Waals surface area contributed by atoms with Crippen LogP contribution in [0.25, 0.3) is 0 Å². The third-order valence-electron chi connectivity index (χ3n) is 2.10. The first-order valence-electron chi connectivity index (χ1n) is 5.98. The molecule has 1 heterocycles. The van der Waals surface area contributed by atoms with Crippen molar-refractivity contribution < 1.29 is 4.74 Å². The Kier molecular flexibility index (Phi) is 5.61. The van der Waals surface area contributed by atoms with E-state index in [1.165, 1.54) is 0 Å². The molecule has 1 aromatic heterocycles. The molecule has 0 aliphatic carbocycles. The molecule has 0 amide bonds. The van der Waals surface area contributed by atoms with Crippen molar-refractivity contribution in [1.82, 2.24) is 9.97 Å². The summed E-state index contributed by atoms with van der Waals surface area (Å²) in [6, 6.07) is 1.86. The van der Waals surface area contributed by atoms with Gasteiger partial charge in [0.25, 0.3) is 0 Å². The Hall–Kier alpha value is -1.32. The number of aromatic nitrogens is 2. The number of nitrogens with one attached hydrogen (secondary N) is 1. The molecule has 0 fully saturated rings. The van der Waals surface area contributed by atoms with Crippen LogP contribution in [0.15, 0.2) is 6.07 Å². The van der Waals surface area contributed by atoms with E-state index in [4.69, 9.17) is 4.74 Å². The van der Waals surface area contributed by atoms with Crippen molar-refractivity contribution in [2.24, 2.45) is 0 Å². The van der Waals surface area contributed by atoms with E-state index in [0.29, 0.717) is 18.4 Å². The third-order valence-corrected chi connectivity index (χ3v) is 2.10. The molecule has 0 bridgehead atoms. The summed E-state index contributed by atoms with van der Waals surface area (Å²) in [5.41, 5.74) is 0.931. The Labute approximate surface area is 97.5 Å². The van der Waals surface area contributed by atoms with E-state index in [1.807, 2.05) is 13.0 Å². The Morgan fingerprint density at radius 3 is 2.75 bits per heavy atom. The van der Waals surface area contributed by atoms with Gasteiger partial charge in [0, 0.05) is 18.3 Å². The molecule has 0 saturated heterocycles. The van der Waals surface area contributed by atoms with Crippen LogP contribution in [0.3, 0.4) is 0 Å². The third kappa shape index (κ3) is 4.47. The molecule has 0 aromatic carbocycles. The molecule has 0 saturated carbocycles. The van der Waals surface area contributed by atoms with E-state index in [0.717, 1.165) is 31.5 Å². The zero-order valence-electron chi connectivity index (χ0n) is 10.4. The van der Waals surface area contributed by atoms with Crippen LogP contribution < -0.4 is 10.1 Å². The summed E-state index contributed by atoms with van der Waals surface area (Å²) in [5, 5.41) is 3.20. The number of unbranched alkanes of at least 4 members (excludes halogenated alkanes) is 1. The van der Waals surface area contributed by atoms with Crippen LogP contribution in [0.4, 0.5) is 5.95 Å². The number of ether oxygens (including phenoxy) is 1. The van der Waals surface area contributed by atoms with Gasteiger partial charge in [-0.1, -0.05) is 20.3 Å². The van der Waals surface area contributed by atoms with Gasteiger partial charge in [0.05, 0.1) is 6.61 Å². The Balaban J connectivity index is 2.58. The second kappa shape index (κ2) is 7.04. The monoisotopic (exact) mass is 223 g/mol. The maximum Gasteiger partial charge on any atom is 0.226 e. The summed E-state index contributed by atoms with van der Waals surface area (Å²) in [6.07, 6.45) is 3.28. The summed E-state index contributed by atoms with van der Waals surface area (Å²) in [7, 11) is 0. The Morgan fingerprint density at radius 1 is 1.25 bits per heavy atom. The first-order valence-corrected chi connectivity index (χ1v) is 5.98. The number of aryl methyl sites for hydroxylation is 1. The second-order valence-corrected chi connectivity index (χ2v) is 3.80. The van der Waals surface area contributed by atoms with Gasteiger partial charge in [-0.25, -0.2) is 4.98 Å². The predicted octanol–water partition coefficient (Wildman–Crippen LogP) is 2.79. The molecule has 0 unspecified atom stereocenters. The maximum absolute atomic E-state index is 5.49. The van der Waals surface area contributed by atoms with Crippen molar-refractivity contribution in [3.8, 4) is 5.88 Å². The van der Waals surface area contributed by atoms with Crippen molar-refractivity contribution in [2.75, 3.05) is 18.5 Å². The first kappa shape index (κ1) is 12.7. The zero-order valence-corrected chi connectivity index (χ0v) is 10.4. The van der Waals surface area contributed by atoms with Gasteiger partial charge in [0.2, 0.25) is 11.8 Å². The predicted molar refractivity (Wildman–Crippen MR) is 66.0 cm³/mol. The van der Waals surface area contributed by atoms with Gasteiger partial charge in [-0.2, -0.15) is 4.98 Å². The summed E-state index contributed by atoms with van der Waals surface area (Å²) >= 11 is 0. The Bertz CT molecular complexity index is 315. The van der Waals surface area contributed by atoms with Gasteiger partial charge in [0.1, 0.15) is 0 Å². The minimum absolute atomic E-state index is 0.661. The van der Waals surface area contributed by atoms with E-state index in [9.17, 15) is 0 Å². The van der Waals surface area contributed by atoms with Gasteiger partial charge >= 0.3 is 0 Å². The van der Waals surface area contributed by atoms with Crippen molar-refractivity contribution in [3.63, 3.8) is 0 Å². The van der Waals surface area contributed by atoms with E-state index < -0.39 is 0 Å². The quantitative estimate of drug-likeness (QED) is 0.722. The fourth-order valence-corrected chi connectivity index (χ4v) is 1.28. The molecule has 16 heavy (non-hydrogen) atoms. The molecule has 90 valence electrons. The lowest BCUT2D eigenvalue weighted by Crippen LogP contribution is -2.07. The van der Waals surface area contributed by atoms with Crippen molar-refractivity contribution in [1.29, 1.82) is 0 Å². The van der Waals surface area contributed by atoms with Crippen LogP contribution in [-0.4, -0.2) is 23.1 Å². The molecule has 0 aliphatic heterocycles. The topological polar surface area (TPSA) is 47.0 Å². The van der Waals surface area contributed by atoms with Gasteiger partial charge in [-0.15, -0.1) is 0 Å². The lowest BCUT2D eigenvalue weighted by Gasteiger charge is -2.08. The Morgan fingerprint density at radius 2 is 2.06 bits per heavy atom. The number of hydrogen-bond acceptors (Lipinski definition) is 4. The molecular weight excluding hydrogens is 202 g/mol. The number of anilines is 1. The fourth-order valence-electron chi connectivity index (χ4n) is 1.28. The highest BCUT2D eigenvalue weighted by Gasteiger charge is 2.02. The van der Waals surface area contributed by atoms with Crippen LogP contribution in [0.1, 0.15) is 38.8 Å². The first-order chi connectivity index (χ1) is 7.76. The lowest BCUT2D eigenvalue weighted by molar-refractivity contribution is 0.305. The van der Waals surface area contributed by atoms with Gasteiger partial charge in [-0.3, -0.25) is 0 Å². The van der Waals surface area contributed by atoms with E-state index in [2.05, 4.69) is 29.1 Å². The molecule has 0 spiro atoms. The largest absolute Gasteiger partial charge is 0.478 e. The molecule has 0 aliphatic rings. The highest BCUT2D eigenvalue weighted by molar-refractivity contribution is 5.30. The van der Waals surface area contributed by atoms with Crippen LogP contribution >= 0.6 is 0 Å². The lowest BCUT2D eigenvalue weighted by atomic mass is 10.3. The molecule has 4 heteroatoms. The van der Waals surface area contributed by atoms with Crippen LogP contribution in [0.5, 0.6) is 5.88 Å². The molecule has 1 rings (SSSR count). The number of hydrogen-bond donors (Lipinski definition) is 1.